The van der Waals surface area contributed by atoms with Crippen molar-refractivity contribution < 1.29 is 9.18 Å². The molecule has 0 unspecified atom stereocenters. The van der Waals surface area contributed by atoms with Gasteiger partial charge >= 0.3 is 0 Å². The van der Waals surface area contributed by atoms with Crippen LogP contribution in [0.25, 0.3) is 11.3 Å². The van der Waals surface area contributed by atoms with Crippen LogP contribution in [0.5, 0.6) is 0 Å². The largest absolute Gasteiger partial charge is 0.370 e. The molecule has 1 saturated heterocycles. The minimum atomic E-state index is -0.294. The van der Waals surface area contributed by atoms with Crippen LogP contribution in [-0.4, -0.2) is 40.3 Å². The summed E-state index contributed by atoms with van der Waals surface area (Å²) in [5.74, 6) is 0.0249. The fourth-order valence-corrected chi connectivity index (χ4v) is 3.71. The molecule has 0 atom stereocenters. The summed E-state index contributed by atoms with van der Waals surface area (Å²) in [6, 6.07) is 11.9. The number of rotatable bonds is 5. The third kappa shape index (κ3) is 4.45. The van der Waals surface area contributed by atoms with E-state index in [1.807, 2.05) is 12.3 Å². The maximum Gasteiger partial charge on any atom is 0.269 e. The van der Waals surface area contributed by atoms with Gasteiger partial charge in [0, 0.05) is 38.4 Å². The van der Waals surface area contributed by atoms with Gasteiger partial charge in [0.2, 0.25) is 0 Å². The summed E-state index contributed by atoms with van der Waals surface area (Å²) < 4.78 is 14.7. The number of anilines is 1. The highest BCUT2D eigenvalue weighted by Gasteiger charge is 2.21. The molecular formula is C22H24FN5O. The number of nitrogens with zero attached hydrogens (tertiary/aromatic N) is 4. The topological polar surface area (TPSA) is 63.1 Å². The Kier molecular flexibility index (Phi) is 5.55. The molecule has 0 spiro atoms. The van der Waals surface area contributed by atoms with Crippen molar-refractivity contribution in [2.75, 3.05) is 24.5 Å². The number of aromatic nitrogens is 3. The normalized spacial score (nSPS) is 14.8. The van der Waals surface area contributed by atoms with E-state index in [-0.39, 0.29) is 11.7 Å². The molecule has 2 aromatic heterocycles. The Morgan fingerprint density at radius 3 is 2.66 bits per heavy atom. The van der Waals surface area contributed by atoms with E-state index < -0.39 is 0 Å². The molecule has 6 nitrogen and oxygen atoms in total. The highest BCUT2D eigenvalue weighted by atomic mass is 19.1. The fourth-order valence-electron chi connectivity index (χ4n) is 3.71. The van der Waals surface area contributed by atoms with Crippen molar-refractivity contribution in [1.82, 2.24) is 20.1 Å². The Hall–Kier alpha value is -3.22. The van der Waals surface area contributed by atoms with Crippen LogP contribution in [0.15, 0.2) is 54.9 Å². The first-order valence-corrected chi connectivity index (χ1v) is 9.83. The second-order valence-electron chi connectivity index (χ2n) is 7.40. The van der Waals surface area contributed by atoms with Gasteiger partial charge < -0.3 is 10.2 Å². The van der Waals surface area contributed by atoms with Gasteiger partial charge in [-0.15, -0.1) is 0 Å². The van der Waals surface area contributed by atoms with Gasteiger partial charge in [-0.2, -0.15) is 5.10 Å². The van der Waals surface area contributed by atoms with Crippen LogP contribution < -0.4 is 10.2 Å². The summed E-state index contributed by atoms with van der Waals surface area (Å²) >= 11 is 0. The zero-order valence-electron chi connectivity index (χ0n) is 16.4. The Labute approximate surface area is 169 Å². The van der Waals surface area contributed by atoms with Gasteiger partial charge in [0.1, 0.15) is 11.5 Å². The predicted molar refractivity (Wildman–Crippen MR) is 110 cm³/mol. The van der Waals surface area contributed by atoms with Crippen LogP contribution in [-0.2, 0) is 7.05 Å². The number of carbonyl (C=O) groups is 1. The number of hydrogen-bond acceptors (Lipinski definition) is 4. The summed E-state index contributed by atoms with van der Waals surface area (Å²) in [7, 11) is 1.74. The van der Waals surface area contributed by atoms with E-state index in [1.54, 1.807) is 36.1 Å². The number of carbonyl (C=O) groups excluding carboxylic acids is 1. The lowest BCUT2D eigenvalue weighted by atomic mass is 9.96. The van der Waals surface area contributed by atoms with Crippen LogP contribution in [0.4, 0.5) is 10.1 Å². The standard InChI is InChI=1S/C22H24FN5O/c1-27-21(13-20(26-27)17-4-6-18(23)7-5-17)22(29)25-14-16-8-11-28(12-9-16)19-3-2-10-24-15-19/h2-7,10,13,15-16H,8-9,11-12,14H2,1H3,(H,25,29). The van der Waals surface area contributed by atoms with Crippen LogP contribution >= 0.6 is 0 Å². The van der Waals surface area contributed by atoms with Crippen LogP contribution in [0.1, 0.15) is 23.3 Å². The second kappa shape index (κ2) is 8.43. The molecule has 1 aliphatic rings. The zero-order valence-corrected chi connectivity index (χ0v) is 16.4. The first-order valence-electron chi connectivity index (χ1n) is 9.83. The van der Waals surface area contributed by atoms with Crippen molar-refractivity contribution in [3.05, 3.63) is 66.4 Å². The van der Waals surface area contributed by atoms with Gasteiger partial charge in [-0.1, -0.05) is 0 Å². The molecule has 29 heavy (non-hydrogen) atoms. The van der Waals surface area contributed by atoms with Crippen LogP contribution in [0, 0.1) is 11.7 Å². The molecule has 7 heteroatoms. The average Bonchev–Trinajstić information content (AvgIpc) is 3.15. The summed E-state index contributed by atoms with van der Waals surface area (Å²) in [4.78, 5) is 19.2. The molecule has 1 N–H and O–H groups in total. The number of nitrogens with one attached hydrogen (secondary N) is 1. The lowest BCUT2D eigenvalue weighted by Gasteiger charge is -2.33. The minimum Gasteiger partial charge on any atom is -0.370 e. The average molecular weight is 393 g/mol. The number of piperidine rings is 1. The summed E-state index contributed by atoms with van der Waals surface area (Å²) in [6.07, 6.45) is 5.73. The van der Waals surface area contributed by atoms with Gasteiger partial charge in [0.15, 0.2) is 0 Å². The molecule has 3 aromatic rings. The molecule has 3 heterocycles. The SMILES string of the molecule is Cn1nc(-c2ccc(F)cc2)cc1C(=O)NCC1CCN(c2cccnc2)CC1. The number of pyridine rings is 1. The van der Waals surface area contributed by atoms with Gasteiger partial charge in [-0.05, 0) is 61.2 Å². The fraction of sp³-hybridized carbons (Fsp3) is 0.318. The molecule has 1 amide bonds. The highest BCUT2D eigenvalue weighted by Crippen LogP contribution is 2.22. The molecule has 0 aliphatic carbocycles. The molecule has 1 aliphatic heterocycles. The molecule has 1 aromatic carbocycles. The Morgan fingerprint density at radius 1 is 1.21 bits per heavy atom. The van der Waals surface area contributed by atoms with Crippen molar-refractivity contribution in [1.29, 1.82) is 0 Å². The van der Waals surface area contributed by atoms with Gasteiger partial charge in [-0.25, -0.2) is 4.39 Å². The van der Waals surface area contributed by atoms with Crippen molar-refractivity contribution in [3.63, 3.8) is 0 Å². The summed E-state index contributed by atoms with van der Waals surface area (Å²) in [5.41, 5.74) is 3.08. The Bertz CT molecular complexity index is 963. The number of benzene rings is 1. The van der Waals surface area contributed by atoms with Gasteiger partial charge in [0.25, 0.3) is 5.91 Å². The van der Waals surface area contributed by atoms with E-state index in [9.17, 15) is 9.18 Å². The van der Waals surface area contributed by atoms with Crippen LogP contribution in [0.2, 0.25) is 0 Å². The molecule has 0 bridgehead atoms. The number of hydrogen-bond donors (Lipinski definition) is 1. The zero-order chi connectivity index (χ0) is 20.2. The molecule has 1 fully saturated rings. The van der Waals surface area contributed by atoms with E-state index in [1.165, 1.54) is 12.1 Å². The molecule has 0 radical (unpaired) electrons. The molecule has 4 rings (SSSR count). The van der Waals surface area contributed by atoms with E-state index in [0.29, 0.717) is 23.9 Å². The molecule has 0 saturated carbocycles. The van der Waals surface area contributed by atoms with Gasteiger partial charge in [-0.3, -0.25) is 14.5 Å². The predicted octanol–water partition coefficient (Wildman–Crippen LogP) is 3.27. The lowest BCUT2D eigenvalue weighted by Crippen LogP contribution is -2.39. The maximum absolute atomic E-state index is 13.1. The highest BCUT2D eigenvalue weighted by molar-refractivity contribution is 5.93. The number of aryl methyl sites for hydroxylation is 1. The Balaban J connectivity index is 1.32. The molecular weight excluding hydrogens is 369 g/mol. The van der Waals surface area contributed by atoms with Crippen molar-refractivity contribution in [2.45, 2.75) is 12.8 Å². The first-order chi connectivity index (χ1) is 14.1. The quantitative estimate of drug-likeness (QED) is 0.723. The monoisotopic (exact) mass is 393 g/mol. The smallest absolute Gasteiger partial charge is 0.269 e. The van der Waals surface area contributed by atoms with Crippen LogP contribution in [0.3, 0.4) is 0 Å². The summed E-state index contributed by atoms with van der Waals surface area (Å²) in [5, 5.41) is 7.44. The lowest BCUT2D eigenvalue weighted by molar-refractivity contribution is 0.0935. The Morgan fingerprint density at radius 2 is 1.97 bits per heavy atom. The number of amides is 1. The third-order valence-corrected chi connectivity index (χ3v) is 5.43. The van der Waals surface area contributed by atoms with Crippen molar-refractivity contribution in [3.8, 4) is 11.3 Å². The summed E-state index contributed by atoms with van der Waals surface area (Å²) in [6.45, 7) is 2.58. The van der Waals surface area contributed by atoms with E-state index >= 15 is 0 Å². The van der Waals surface area contributed by atoms with Gasteiger partial charge in [0.05, 0.1) is 17.6 Å². The van der Waals surface area contributed by atoms with E-state index in [0.717, 1.165) is 37.2 Å². The molecule has 150 valence electrons. The number of halogens is 1. The second-order valence-corrected chi connectivity index (χ2v) is 7.40. The minimum absolute atomic E-state index is 0.136. The maximum atomic E-state index is 13.1. The van der Waals surface area contributed by atoms with E-state index in [4.69, 9.17) is 0 Å². The van der Waals surface area contributed by atoms with Crippen molar-refractivity contribution >= 4 is 11.6 Å². The van der Waals surface area contributed by atoms with E-state index in [2.05, 4.69) is 26.4 Å². The third-order valence-electron chi connectivity index (χ3n) is 5.43. The van der Waals surface area contributed by atoms with Crippen molar-refractivity contribution in [2.24, 2.45) is 13.0 Å². The first kappa shape index (κ1) is 19.1.